The zero-order valence-electron chi connectivity index (χ0n) is 11.6. The van der Waals surface area contributed by atoms with E-state index in [9.17, 15) is 14.4 Å². The molecule has 0 aromatic carbocycles. The average molecular weight is 254 g/mol. The van der Waals surface area contributed by atoms with Crippen LogP contribution in [0.4, 0.5) is 4.79 Å². The van der Waals surface area contributed by atoms with Crippen molar-refractivity contribution in [2.24, 2.45) is 5.92 Å². The maximum absolute atomic E-state index is 12.2. The van der Waals surface area contributed by atoms with Crippen LogP contribution in [0.1, 0.15) is 47.0 Å². The fourth-order valence-corrected chi connectivity index (χ4v) is 1.93. The van der Waals surface area contributed by atoms with Gasteiger partial charge < -0.3 is 5.32 Å². The van der Waals surface area contributed by atoms with E-state index in [0.29, 0.717) is 6.42 Å². The first kappa shape index (κ1) is 14.7. The summed E-state index contributed by atoms with van der Waals surface area (Å²) < 4.78 is 0. The quantitative estimate of drug-likeness (QED) is 0.734. The van der Waals surface area contributed by atoms with Crippen molar-refractivity contribution in [2.45, 2.75) is 52.5 Å². The van der Waals surface area contributed by atoms with Gasteiger partial charge in [0.1, 0.15) is 5.54 Å². The van der Waals surface area contributed by atoms with E-state index in [-0.39, 0.29) is 24.2 Å². The molecule has 1 atom stereocenters. The van der Waals surface area contributed by atoms with E-state index in [1.54, 1.807) is 20.8 Å². The Labute approximate surface area is 108 Å². The Morgan fingerprint density at radius 2 is 2.00 bits per heavy atom. The van der Waals surface area contributed by atoms with Gasteiger partial charge in [0, 0.05) is 5.92 Å². The summed E-state index contributed by atoms with van der Waals surface area (Å²) in [5, 5.41) is 2.69. The number of hydrogen-bond donors (Lipinski definition) is 1. The lowest BCUT2D eigenvalue weighted by molar-refractivity contribution is -0.135. The molecule has 1 saturated heterocycles. The molecule has 0 bridgehead atoms. The standard InChI is InChI=1S/C13H22N2O3/c1-5-6-7-13(4)11(17)15(12(18)14-13)8-10(16)9(2)3/h9H,5-8H2,1-4H3,(H,14,18). The Kier molecular flexibility index (Phi) is 4.48. The molecule has 0 aromatic rings. The third kappa shape index (κ3) is 2.89. The molecule has 1 N–H and O–H groups in total. The van der Waals surface area contributed by atoms with E-state index in [1.807, 2.05) is 6.92 Å². The molecule has 1 aliphatic heterocycles. The molecular weight excluding hydrogens is 232 g/mol. The zero-order valence-corrected chi connectivity index (χ0v) is 11.6. The van der Waals surface area contributed by atoms with Gasteiger partial charge >= 0.3 is 6.03 Å². The van der Waals surface area contributed by atoms with Gasteiger partial charge in [0.2, 0.25) is 0 Å². The summed E-state index contributed by atoms with van der Waals surface area (Å²) in [5.74, 6) is -0.554. The summed E-state index contributed by atoms with van der Waals surface area (Å²) >= 11 is 0. The molecule has 0 aliphatic carbocycles. The molecule has 0 spiro atoms. The smallest absolute Gasteiger partial charge is 0.323 e. The van der Waals surface area contributed by atoms with Gasteiger partial charge in [0.25, 0.3) is 5.91 Å². The number of nitrogens with one attached hydrogen (secondary N) is 1. The highest BCUT2D eigenvalue weighted by molar-refractivity contribution is 6.09. The summed E-state index contributed by atoms with van der Waals surface area (Å²) in [6.07, 6.45) is 2.44. The van der Waals surface area contributed by atoms with Crippen LogP contribution in [0.2, 0.25) is 0 Å². The van der Waals surface area contributed by atoms with Crippen molar-refractivity contribution in [1.29, 1.82) is 0 Å². The Morgan fingerprint density at radius 1 is 1.39 bits per heavy atom. The number of Topliss-reactive ketones (excluding diaryl/α,β-unsaturated/α-hetero) is 1. The van der Waals surface area contributed by atoms with E-state index in [1.165, 1.54) is 0 Å². The summed E-state index contributed by atoms with van der Waals surface area (Å²) in [6, 6.07) is -0.451. The van der Waals surface area contributed by atoms with E-state index < -0.39 is 11.6 Å². The first-order valence-corrected chi connectivity index (χ1v) is 6.48. The fraction of sp³-hybridized carbons (Fsp3) is 0.769. The second-order valence-corrected chi connectivity index (χ2v) is 5.38. The molecule has 0 saturated carbocycles. The lowest BCUT2D eigenvalue weighted by Crippen LogP contribution is -2.44. The van der Waals surface area contributed by atoms with Crippen LogP contribution < -0.4 is 5.32 Å². The first-order valence-electron chi connectivity index (χ1n) is 6.48. The molecule has 1 unspecified atom stereocenters. The molecule has 1 rings (SSSR count). The number of carbonyl (C=O) groups is 3. The molecule has 3 amide bonds. The zero-order chi connectivity index (χ0) is 13.9. The number of unbranched alkanes of at least 4 members (excludes halogenated alkanes) is 1. The van der Waals surface area contributed by atoms with Crippen LogP contribution in [0.5, 0.6) is 0 Å². The van der Waals surface area contributed by atoms with E-state index in [2.05, 4.69) is 5.32 Å². The van der Waals surface area contributed by atoms with E-state index in [0.717, 1.165) is 17.7 Å². The van der Waals surface area contributed by atoms with Gasteiger partial charge in [-0.05, 0) is 13.3 Å². The van der Waals surface area contributed by atoms with Crippen LogP contribution >= 0.6 is 0 Å². The van der Waals surface area contributed by atoms with Crippen LogP contribution in [0.3, 0.4) is 0 Å². The maximum Gasteiger partial charge on any atom is 0.325 e. The number of hydrogen-bond acceptors (Lipinski definition) is 3. The van der Waals surface area contributed by atoms with Gasteiger partial charge in [0.05, 0.1) is 6.54 Å². The number of nitrogens with zero attached hydrogens (tertiary/aromatic N) is 1. The Balaban J connectivity index is 2.75. The second kappa shape index (κ2) is 5.50. The molecule has 1 heterocycles. The summed E-state index contributed by atoms with van der Waals surface area (Å²) in [6.45, 7) is 7.16. The predicted molar refractivity (Wildman–Crippen MR) is 68.0 cm³/mol. The molecule has 1 fully saturated rings. The third-order valence-electron chi connectivity index (χ3n) is 3.33. The highest BCUT2D eigenvalue weighted by Gasteiger charge is 2.47. The number of imide groups is 1. The molecule has 0 aromatic heterocycles. The number of urea groups is 1. The minimum atomic E-state index is -0.843. The molecule has 5 heteroatoms. The topological polar surface area (TPSA) is 66.5 Å². The van der Waals surface area contributed by atoms with Crippen LogP contribution in [0, 0.1) is 5.92 Å². The second-order valence-electron chi connectivity index (χ2n) is 5.38. The van der Waals surface area contributed by atoms with Crippen LogP contribution in [-0.2, 0) is 9.59 Å². The minimum absolute atomic E-state index is 0.0989. The molecule has 102 valence electrons. The van der Waals surface area contributed by atoms with Gasteiger partial charge in [0.15, 0.2) is 5.78 Å². The molecule has 0 radical (unpaired) electrons. The molecule has 1 aliphatic rings. The van der Waals surface area contributed by atoms with Crippen molar-refractivity contribution in [3.63, 3.8) is 0 Å². The average Bonchev–Trinajstić information content (AvgIpc) is 2.50. The molecule has 18 heavy (non-hydrogen) atoms. The summed E-state index contributed by atoms with van der Waals surface area (Å²) in [7, 11) is 0. The Morgan fingerprint density at radius 3 is 2.50 bits per heavy atom. The van der Waals surface area contributed by atoms with Crippen molar-refractivity contribution in [3.8, 4) is 0 Å². The predicted octanol–water partition coefficient (Wildman–Crippen LogP) is 1.71. The van der Waals surface area contributed by atoms with Crippen LogP contribution in [0.15, 0.2) is 0 Å². The van der Waals surface area contributed by atoms with Gasteiger partial charge in [-0.2, -0.15) is 0 Å². The Bertz CT molecular complexity index is 365. The van der Waals surface area contributed by atoms with Gasteiger partial charge in [-0.1, -0.05) is 33.6 Å². The summed E-state index contributed by atoms with van der Waals surface area (Å²) in [4.78, 5) is 36.6. The monoisotopic (exact) mass is 254 g/mol. The van der Waals surface area contributed by atoms with E-state index >= 15 is 0 Å². The minimum Gasteiger partial charge on any atom is -0.323 e. The van der Waals surface area contributed by atoms with Crippen molar-refractivity contribution in [1.82, 2.24) is 10.2 Å². The molecule has 5 nitrogen and oxygen atoms in total. The highest BCUT2D eigenvalue weighted by Crippen LogP contribution is 2.23. The van der Waals surface area contributed by atoms with Crippen molar-refractivity contribution >= 4 is 17.7 Å². The largest absolute Gasteiger partial charge is 0.325 e. The molecular formula is C13H22N2O3. The number of rotatable bonds is 6. The third-order valence-corrected chi connectivity index (χ3v) is 3.33. The number of carbonyl (C=O) groups excluding carboxylic acids is 3. The SMILES string of the molecule is CCCCC1(C)NC(=O)N(CC(=O)C(C)C)C1=O. The van der Waals surface area contributed by atoms with Gasteiger partial charge in [-0.25, -0.2) is 4.79 Å². The lowest BCUT2D eigenvalue weighted by atomic mass is 9.95. The summed E-state index contributed by atoms with van der Waals surface area (Å²) in [5.41, 5.74) is -0.843. The number of amides is 3. The van der Waals surface area contributed by atoms with Gasteiger partial charge in [-0.15, -0.1) is 0 Å². The lowest BCUT2D eigenvalue weighted by Gasteiger charge is -2.21. The van der Waals surface area contributed by atoms with Crippen molar-refractivity contribution < 1.29 is 14.4 Å². The first-order chi connectivity index (χ1) is 8.31. The number of ketones is 1. The maximum atomic E-state index is 12.2. The van der Waals surface area contributed by atoms with Gasteiger partial charge in [-0.3, -0.25) is 14.5 Å². The normalized spacial score (nSPS) is 23.7. The fourth-order valence-electron chi connectivity index (χ4n) is 1.93. The van der Waals surface area contributed by atoms with Crippen LogP contribution in [0.25, 0.3) is 0 Å². The van der Waals surface area contributed by atoms with Crippen molar-refractivity contribution in [3.05, 3.63) is 0 Å². The van der Waals surface area contributed by atoms with Crippen LogP contribution in [-0.4, -0.2) is 34.7 Å². The van der Waals surface area contributed by atoms with Crippen molar-refractivity contribution in [2.75, 3.05) is 6.54 Å². The van der Waals surface area contributed by atoms with E-state index in [4.69, 9.17) is 0 Å². The highest BCUT2D eigenvalue weighted by atomic mass is 16.2. The Hall–Kier alpha value is -1.39.